The van der Waals surface area contributed by atoms with Crippen LogP contribution in [0, 0.1) is 0 Å². The van der Waals surface area contributed by atoms with Gasteiger partial charge in [-0.25, -0.2) is 0 Å². The molecular formula is C18H36N2S4Zn. The summed E-state index contributed by atoms with van der Waals surface area (Å²) >= 11 is 10.6. The Hall–Kier alpha value is 1.10. The van der Waals surface area contributed by atoms with Crippen LogP contribution < -0.4 is 0 Å². The van der Waals surface area contributed by atoms with E-state index >= 15 is 0 Å². The molecule has 0 rings (SSSR count). The van der Waals surface area contributed by atoms with E-state index in [9.17, 15) is 0 Å². The Labute approximate surface area is 181 Å². The van der Waals surface area contributed by atoms with Gasteiger partial charge in [0.05, 0.1) is 0 Å². The van der Waals surface area contributed by atoms with Crippen LogP contribution in [0.3, 0.4) is 0 Å². The summed E-state index contributed by atoms with van der Waals surface area (Å²) in [5, 5.41) is 0. The Morgan fingerprint density at radius 1 is 0.640 bits per heavy atom. The summed E-state index contributed by atoms with van der Waals surface area (Å²) in [7, 11) is 3.95. The van der Waals surface area contributed by atoms with Crippen molar-refractivity contribution in [3.05, 3.63) is 0 Å². The van der Waals surface area contributed by atoms with Crippen LogP contribution in [0.25, 0.3) is 0 Å². The molecule has 0 amide bonds. The fourth-order valence-electron chi connectivity index (χ4n) is 2.30. The molecule has 0 N–H and O–H groups in total. The Morgan fingerprint density at radius 3 is 1.16 bits per heavy atom. The van der Waals surface area contributed by atoms with E-state index in [0.29, 0.717) is 0 Å². The molecule has 0 saturated carbocycles. The van der Waals surface area contributed by atoms with Crippen LogP contribution >= 0.6 is 43.9 Å². The number of unbranched alkanes of at least 4 members (excludes halogenated alkanes) is 4. The van der Waals surface area contributed by atoms with Crippen LogP contribution in [0.1, 0.15) is 79.1 Å². The molecule has 0 atom stereocenters. The molecule has 0 aromatic heterocycles. The van der Waals surface area contributed by atoms with E-state index in [-0.39, 0.29) is 0 Å². The summed E-state index contributed by atoms with van der Waals surface area (Å²) in [5.74, 6) is 0. The fourth-order valence-corrected chi connectivity index (χ4v) is 16.2. The molecule has 0 aliphatic carbocycles. The van der Waals surface area contributed by atoms with Crippen molar-refractivity contribution in [2.45, 2.75) is 79.1 Å². The molecule has 2 nitrogen and oxygen atoms in total. The number of nitrogens with zero attached hydrogens (tertiary/aromatic N) is 2. The Kier molecular flexibility index (Phi) is 19.3. The molecule has 25 heavy (non-hydrogen) atoms. The van der Waals surface area contributed by atoms with E-state index in [1.54, 1.807) is 0 Å². The molecule has 0 spiro atoms. The van der Waals surface area contributed by atoms with E-state index in [0.717, 1.165) is 34.8 Å². The minimum absolute atomic E-state index is 0.859. The quantitative estimate of drug-likeness (QED) is 0.202. The van der Waals surface area contributed by atoms with Crippen molar-refractivity contribution in [3.63, 3.8) is 0 Å². The zero-order valence-electron chi connectivity index (χ0n) is 16.7. The molecule has 0 aliphatic rings. The summed E-state index contributed by atoms with van der Waals surface area (Å²) in [6.07, 6.45) is 9.91. The zero-order chi connectivity index (χ0) is 18.9. The summed E-state index contributed by atoms with van der Waals surface area (Å²) in [6, 6.07) is 0. The van der Waals surface area contributed by atoms with E-state index in [4.69, 9.17) is 24.4 Å². The zero-order valence-corrected chi connectivity index (χ0v) is 23.0. The van der Waals surface area contributed by atoms with Crippen LogP contribution in [0.5, 0.6) is 0 Å². The first-order valence-corrected chi connectivity index (χ1v) is 20.0. The van der Waals surface area contributed by atoms with Gasteiger partial charge in [-0.2, -0.15) is 0 Å². The molecule has 0 radical (unpaired) electrons. The van der Waals surface area contributed by atoms with E-state index in [1.165, 1.54) is 51.4 Å². The van der Waals surface area contributed by atoms with Gasteiger partial charge in [0.15, 0.2) is 0 Å². The Balaban J connectivity index is 4.31. The average molecular weight is 474 g/mol. The van der Waals surface area contributed by atoms with Gasteiger partial charge in [0.1, 0.15) is 0 Å². The van der Waals surface area contributed by atoms with Crippen molar-refractivity contribution in [2.24, 2.45) is 0 Å². The van der Waals surface area contributed by atoms with Crippen molar-refractivity contribution in [1.82, 2.24) is 9.80 Å². The molecule has 0 unspecified atom stereocenters. The summed E-state index contributed by atoms with van der Waals surface area (Å²) in [6.45, 7) is 13.5. The van der Waals surface area contributed by atoms with E-state index in [2.05, 4.69) is 37.5 Å². The van der Waals surface area contributed by atoms with E-state index in [1.807, 2.05) is 19.5 Å². The number of thiocarbonyl (C=S) groups is 2. The van der Waals surface area contributed by atoms with Crippen LogP contribution in [0.2, 0.25) is 0 Å². The summed E-state index contributed by atoms with van der Waals surface area (Å²) in [4.78, 5) is 4.88. The fraction of sp³-hybridized carbons (Fsp3) is 0.889. The first-order chi connectivity index (χ1) is 12.1. The van der Waals surface area contributed by atoms with Crippen molar-refractivity contribution in [3.8, 4) is 0 Å². The molecule has 7 heteroatoms. The predicted octanol–water partition coefficient (Wildman–Crippen LogP) is 6.74. The van der Waals surface area contributed by atoms with Gasteiger partial charge in [-0.15, -0.1) is 0 Å². The maximum absolute atomic E-state index is 5.73. The predicted molar refractivity (Wildman–Crippen MR) is 123 cm³/mol. The molecule has 0 fully saturated rings. The van der Waals surface area contributed by atoms with Crippen LogP contribution in [0.15, 0.2) is 0 Å². The Bertz CT molecular complexity index is 308. The standard InChI is InChI=1S/2C9H19NS2.Zn/c2*1-3-5-7-10(9(11)12)8-6-4-2;/h2*3-8H2,1-2H3,(H,11,12);/q;;+2/p-2. The van der Waals surface area contributed by atoms with Gasteiger partial charge in [-0.1, -0.05) is 0 Å². The monoisotopic (exact) mass is 472 g/mol. The molecule has 0 aromatic carbocycles. The van der Waals surface area contributed by atoms with Gasteiger partial charge in [0.25, 0.3) is 0 Å². The third-order valence-corrected chi connectivity index (χ3v) is 17.7. The van der Waals surface area contributed by atoms with Crippen molar-refractivity contribution in [2.75, 3.05) is 26.2 Å². The average Bonchev–Trinajstić information content (AvgIpc) is 2.61. The molecule has 0 heterocycles. The molecule has 0 aliphatic heterocycles. The molecular weight excluding hydrogens is 438 g/mol. The normalized spacial score (nSPS) is 10.4. The molecule has 0 bridgehead atoms. The van der Waals surface area contributed by atoms with Crippen LogP contribution in [-0.2, 0) is 14.7 Å². The van der Waals surface area contributed by atoms with Crippen LogP contribution in [-0.4, -0.2) is 44.6 Å². The van der Waals surface area contributed by atoms with Gasteiger partial charge < -0.3 is 0 Å². The third kappa shape index (κ3) is 13.9. The molecule has 144 valence electrons. The van der Waals surface area contributed by atoms with Gasteiger partial charge in [-0.3, -0.25) is 0 Å². The first-order valence-electron chi connectivity index (χ1n) is 9.93. The molecule has 0 aromatic rings. The van der Waals surface area contributed by atoms with Crippen molar-refractivity contribution < 1.29 is 14.7 Å². The van der Waals surface area contributed by atoms with Crippen LogP contribution in [0.4, 0.5) is 0 Å². The van der Waals surface area contributed by atoms with Gasteiger partial charge in [-0.05, 0) is 0 Å². The van der Waals surface area contributed by atoms with Gasteiger partial charge in [0, 0.05) is 0 Å². The van der Waals surface area contributed by atoms with Crippen molar-refractivity contribution in [1.29, 1.82) is 0 Å². The Morgan fingerprint density at radius 2 is 0.920 bits per heavy atom. The SMILES string of the molecule is CCCCN(CCCC)C(=S)[S][Zn][S]C(=S)N(CCCC)CCCC. The maximum atomic E-state index is 5.73. The van der Waals surface area contributed by atoms with Gasteiger partial charge in [0.2, 0.25) is 0 Å². The number of hydrogen-bond acceptors (Lipinski definition) is 4. The van der Waals surface area contributed by atoms with E-state index < -0.39 is 14.7 Å². The number of rotatable bonds is 14. The van der Waals surface area contributed by atoms with Crippen molar-refractivity contribution >= 4 is 52.6 Å². The minimum atomic E-state index is -0.859. The second kappa shape index (κ2) is 18.5. The second-order valence-electron chi connectivity index (χ2n) is 6.33. The first kappa shape index (κ1) is 26.1. The van der Waals surface area contributed by atoms with Gasteiger partial charge >= 0.3 is 182 Å². The second-order valence-corrected chi connectivity index (χ2v) is 18.0. The topological polar surface area (TPSA) is 6.48 Å². The molecule has 0 saturated heterocycles. The summed E-state index contributed by atoms with van der Waals surface area (Å²) < 4.78 is 2.26. The number of hydrogen-bond donors (Lipinski definition) is 0. The summed E-state index contributed by atoms with van der Waals surface area (Å²) in [5.41, 5.74) is 0. The third-order valence-electron chi connectivity index (χ3n) is 4.01.